The Hall–Kier alpha value is -1.45. The Morgan fingerprint density at radius 2 is 1.80 bits per heavy atom. The van der Waals surface area contributed by atoms with Crippen LogP contribution >= 0.6 is 0 Å². The summed E-state index contributed by atoms with van der Waals surface area (Å²) in [6.07, 6.45) is 4.34. The molecule has 1 aromatic rings. The topological polar surface area (TPSA) is 109 Å². The first-order chi connectivity index (χ1) is 11.8. The summed E-state index contributed by atoms with van der Waals surface area (Å²) in [5, 5.41) is 2.92. The molecular formula is C16H22N2O5S2. The molecule has 1 amide bonds. The van der Waals surface area contributed by atoms with Crippen molar-refractivity contribution in [2.45, 2.75) is 49.1 Å². The van der Waals surface area contributed by atoms with E-state index in [0.717, 1.165) is 25.7 Å². The summed E-state index contributed by atoms with van der Waals surface area (Å²) < 4.78 is 50.4. The third-order valence-corrected chi connectivity index (χ3v) is 7.94. The van der Waals surface area contributed by atoms with Crippen LogP contribution < -0.4 is 10.0 Å². The lowest BCUT2D eigenvalue weighted by atomic mass is 10.2. The number of carbonyl (C=O) groups is 1. The summed E-state index contributed by atoms with van der Waals surface area (Å²) in [4.78, 5) is 12.3. The zero-order valence-corrected chi connectivity index (χ0v) is 15.4. The van der Waals surface area contributed by atoms with Gasteiger partial charge in [-0.1, -0.05) is 18.9 Å². The van der Waals surface area contributed by atoms with Gasteiger partial charge in [0.2, 0.25) is 10.0 Å². The van der Waals surface area contributed by atoms with Gasteiger partial charge in [0.1, 0.15) is 0 Å². The SMILES string of the molecule is O=C(NC1CCCC1)c1cccc(S(=O)(=O)NC2CCS(=O)(=O)C2)c1. The molecule has 1 aromatic carbocycles. The van der Waals surface area contributed by atoms with Crippen LogP contribution in [0, 0.1) is 0 Å². The number of nitrogens with one attached hydrogen (secondary N) is 2. The maximum absolute atomic E-state index is 12.5. The van der Waals surface area contributed by atoms with E-state index in [2.05, 4.69) is 10.0 Å². The maximum Gasteiger partial charge on any atom is 0.251 e. The fraction of sp³-hybridized carbons (Fsp3) is 0.562. The van der Waals surface area contributed by atoms with Crippen LogP contribution in [0.4, 0.5) is 0 Å². The van der Waals surface area contributed by atoms with Gasteiger partial charge >= 0.3 is 0 Å². The zero-order chi connectivity index (χ0) is 18.1. The van der Waals surface area contributed by atoms with Crippen LogP contribution in [-0.4, -0.2) is 46.3 Å². The van der Waals surface area contributed by atoms with Crippen molar-refractivity contribution in [3.05, 3.63) is 29.8 Å². The van der Waals surface area contributed by atoms with E-state index in [0.29, 0.717) is 0 Å². The van der Waals surface area contributed by atoms with E-state index in [1.807, 2.05) is 0 Å². The molecule has 0 radical (unpaired) electrons. The lowest BCUT2D eigenvalue weighted by Crippen LogP contribution is -2.36. The maximum atomic E-state index is 12.5. The molecule has 1 aliphatic carbocycles. The molecule has 1 aliphatic heterocycles. The third kappa shape index (κ3) is 4.59. The highest BCUT2D eigenvalue weighted by Gasteiger charge is 2.31. The molecule has 1 heterocycles. The van der Waals surface area contributed by atoms with E-state index in [9.17, 15) is 21.6 Å². The lowest BCUT2D eigenvalue weighted by Gasteiger charge is -2.14. The Morgan fingerprint density at radius 3 is 2.44 bits per heavy atom. The molecule has 2 aliphatic rings. The van der Waals surface area contributed by atoms with Crippen molar-refractivity contribution in [2.24, 2.45) is 0 Å². The summed E-state index contributed by atoms with van der Waals surface area (Å²) in [5.74, 6) is -0.481. The summed E-state index contributed by atoms with van der Waals surface area (Å²) in [7, 11) is -7.05. The van der Waals surface area contributed by atoms with Crippen LogP contribution in [0.5, 0.6) is 0 Å². The van der Waals surface area contributed by atoms with E-state index in [1.165, 1.54) is 18.2 Å². The van der Waals surface area contributed by atoms with Crippen molar-refractivity contribution in [1.29, 1.82) is 0 Å². The molecule has 0 bridgehead atoms. The molecular weight excluding hydrogens is 364 g/mol. The molecule has 0 spiro atoms. The van der Waals surface area contributed by atoms with Gasteiger partial charge in [-0.2, -0.15) is 0 Å². The molecule has 138 valence electrons. The first-order valence-electron chi connectivity index (χ1n) is 8.39. The van der Waals surface area contributed by atoms with Crippen molar-refractivity contribution in [3.8, 4) is 0 Å². The molecule has 9 heteroatoms. The summed E-state index contributed by atoms with van der Waals surface area (Å²) in [6.45, 7) is 0. The largest absolute Gasteiger partial charge is 0.349 e. The smallest absolute Gasteiger partial charge is 0.251 e. The number of benzene rings is 1. The molecule has 25 heavy (non-hydrogen) atoms. The third-order valence-electron chi connectivity index (χ3n) is 4.65. The summed E-state index contributed by atoms with van der Waals surface area (Å²) in [5.41, 5.74) is 0.286. The number of sulfone groups is 1. The molecule has 3 rings (SSSR count). The standard InChI is InChI=1S/C16H22N2O5S2/c19-16(17-13-5-1-2-6-13)12-4-3-7-15(10-12)25(22,23)18-14-8-9-24(20,21)11-14/h3-4,7,10,13-14,18H,1-2,5-6,8-9,11H2,(H,17,19). The number of hydrogen-bond donors (Lipinski definition) is 2. The highest BCUT2D eigenvalue weighted by molar-refractivity contribution is 7.92. The molecule has 1 saturated carbocycles. The van der Waals surface area contributed by atoms with Crippen LogP contribution in [0.1, 0.15) is 42.5 Å². The second kappa shape index (κ2) is 7.05. The Bertz CT molecular complexity index is 858. The Morgan fingerprint density at radius 1 is 1.08 bits per heavy atom. The van der Waals surface area contributed by atoms with Crippen LogP contribution in [0.15, 0.2) is 29.2 Å². The molecule has 0 aromatic heterocycles. The van der Waals surface area contributed by atoms with Gasteiger partial charge in [-0.05, 0) is 37.5 Å². The second-order valence-electron chi connectivity index (χ2n) is 6.70. The van der Waals surface area contributed by atoms with Gasteiger partial charge in [0, 0.05) is 17.6 Å². The van der Waals surface area contributed by atoms with Gasteiger partial charge in [0.15, 0.2) is 9.84 Å². The quantitative estimate of drug-likeness (QED) is 0.779. The van der Waals surface area contributed by atoms with Gasteiger partial charge in [-0.25, -0.2) is 21.6 Å². The fourth-order valence-electron chi connectivity index (χ4n) is 3.32. The van der Waals surface area contributed by atoms with Crippen molar-refractivity contribution in [3.63, 3.8) is 0 Å². The van der Waals surface area contributed by atoms with Gasteiger partial charge in [-0.3, -0.25) is 4.79 Å². The second-order valence-corrected chi connectivity index (χ2v) is 10.6. The van der Waals surface area contributed by atoms with E-state index in [4.69, 9.17) is 0 Å². The van der Waals surface area contributed by atoms with Crippen molar-refractivity contribution in [1.82, 2.24) is 10.0 Å². The molecule has 2 N–H and O–H groups in total. The molecule has 1 saturated heterocycles. The normalized spacial score (nSPS) is 23.6. The van der Waals surface area contributed by atoms with E-state index in [-0.39, 0.29) is 40.3 Å². The monoisotopic (exact) mass is 386 g/mol. The molecule has 1 atom stereocenters. The number of sulfonamides is 1. The van der Waals surface area contributed by atoms with Gasteiger partial charge in [0.05, 0.1) is 16.4 Å². The van der Waals surface area contributed by atoms with Crippen LogP contribution in [0.2, 0.25) is 0 Å². The fourth-order valence-corrected chi connectivity index (χ4v) is 6.41. The number of amides is 1. The van der Waals surface area contributed by atoms with E-state index >= 15 is 0 Å². The van der Waals surface area contributed by atoms with Crippen LogP contribution in [-0.2, 0) is 19.9 Å². The minimum atomic E-state index is -3.87. The van der Waals surface area contributed by atoms with Crippen molar-refractivity contribution >= 4 is 25.8 Å². The molecule has 1 unspecified atom stereocenters. The lowest BCUT2D eigenvalue weighted by molar-refractivity contribution is 0.0937. The first kappa shape index (κ1) is 18.3. The number of rotatable bonds is 5. The van der Waals surface area contributed by atoms with Gasteiger partial charge < -0.3 is 5.32 Å². The number of hydrogen-bond acceptors (Lipinski definition) is 5. The zero-order valence-electron chi connectivity index (χ0n) is 13.8. The summed E-state index contributed by atoms with van der Waals surface area (Å²) in [6, 6.07) is 5.35. The minimum absolute atomic E-state index is 0.00990. The van der Waals surface area contributed by atoms with E-state index < -0.39 is 25.9 Å². The predicted molar refractivity (Wildman–Crippen MR) is 93.5 cm³/mol. The highest BCUT2D eigenvalue weighted by Crippen LogP contribution is 2.19. The van der Waals surface area contributed by atoms with Crippen LogP contribution in [0.3, 0.4) is 0 Å². The van der Waals surface area contributed by atoms with Gasteiger partial charge in [-0.15, -0.1) is 0 Å². The van der Waals surface area contributed by atoms with Crippen molar-refractivity contribution in [2.75, 3.05) is 11.5 Å². The Balaban J connectivity index is 1.72. The highest BCUT2D eigenvalue weighted by atomic mass is 32.2. The average molecular weight is 386 g/mol. The Labute approximate surface area is 148 Å². The summed E-state index contributed by atoms with van der Waals surface area (Å²) >= 11 is 0. The van der Waals surface area contributed by atoms with Crippen LogP contribution in [0.25, 0.3) is 0 Å². The Kier molecular flexibility index (Phi) is 5.17. The van der Waals surface area contributed by atoms with Crippen molar-refractivity contribution < 1.29 is 21.6 Å². The average Bonchev–Trinajstić information content (AvgIpc) is 3.16. The van der Waals surface area contributed by atoms with E-state index in [1.54, 1.807) is 6.07 Å². The molecule has 2 fully saturated rings. The number of carbonyl (C=O) groups excluding carboxylic acids is 1. The predicted octanol–water partition coefficient (Wildman–Crippen LogP) is 0.824. The van der Waals surface area contributed by atoms with Gasteiger partial charge in [0.25, 0.3) is 5.91 Å². The minimum Gasteiger partial charge on any atom is -0.349 e. The molecule has 7 nitrogen and oxygen atoms in total. The first-order valence-corrected chi connectivity index (χ1v) is 11.7.